The largest absolute Gasteiger partial charge is 0.271 e. The van der Waals surface area contributed by atoms with Crippen molar-refractivity contribution in [3.8, 4) is 0 Å². The van der Waals surface area contributed by atoms with Crippen LogP contribution < -0.4 is 11.3 Å². The highest BCUT2D eigenvalue weighted by atomic mass is 35.5. The van der Waals surface area contributed by atoms with Gasteiger partial charge in [-0.05, 0) is 18.6 Å². The first kappa shape index (κ1) is 15.8. The minimum atomic E-state index is 0.223. The molecular weight excluding hydrogens is 268 g/mol. The van der Waals surface area contributed by atoms with Gasteiger partial charge in [-0.15, -0.1) is 0 Å². The van der Waals surface area contributed by atoms with Crippen molar-refractivity contribution < 1.29 is 0 Å². The lowest BCUT2D eigenvalue weighted by Crippen LogP contribution is -2.39. The zero-order valence-electron chi connectivity index (χ0n) is 11.5. The fraction of sp³-hybridized carbons (Fsp3) is 0.750. The lowest BCUT2D eigenvalue weighted by molar-refractivity contribution is 0.550. The molecule has 1 aromatic heterocycles. The first-order valence-electron chi connectivity index (χ1n) is 6.17. The van der Waals surface area contributed by atoms with Gasteiger partial charge in [0.1, 0.15) is 0 Å². The Bertz CT molecular complexity index is 378. The summed E-state index contributed by atoms with van der Waals surface area (Å²) in [6.45, 7) is 6.36. The van der Waals surface area contributed by atoms with Gasteiger partial charge in [0, 0.05) is 25.3 Å². The molecule has 0 aromatic carbocycles. The van der Waals surface area contributed by atoms with E-state index in [9.17, 15) is 0 Å². The van der Waals surface area contributed by atoms with Crippen LogP contribution in [0.1, 0.15) is 25.2 Å². The summed E-state index contributed by atoms with van der Waals surface area (Å²) in [5.74, 6) is 8.44. The first-order valence-corrected chi connectivity index (χ1v) is 7.70. The van der Waals surface area contributed by atoms with E-state index in [1.54, 1.807) is 0 Å². The molecule has 3 N–H and O–H groups in total. The van der Waals surface area contributed by atoms with Crippen LogP contribution in [-0.4, -0.2) is 27.3 Å². The Morgan fingerprint density at radius 1 is 1.44 bits per heavy atom. The molecule has 1 heterocycles. The van der Waals surface area contributed by atoms with E-state index in [-0.39, 0.29) is 6.04 Å². The molecule has 0 spiro atoms. The van der Waals surface area contributed by atoms with Crippen molar-refractivity contribution >= 4 is 23.4 Å². The molecule has 0 fully saturated rings. The average Bonchev–Trinajstić information content (AvgIpc) is 2.53. The van der Waals surface area contributed by atoms with Gasteiger partial charge in [-0.3, -0.25) is 16.0 Å². The minimum Gasteiger partial charge on any atom is -0.271 e. The third-order valence-electron chi connectivity index (χ3n) is 2.71. The molecule has 1 aromatic rings. The number of aromatic nitrogens is 2. The molecule has 4 nitrogen and oxygen atoms in total. The van der Waals surface area contributed by atoms with Crippen LogP contribution in [0.2, 0.25) is 5.02 Å². The van der Waals surface area contributed by atoms with E-state index in [1.165, 1.54) is 0 Å². The predicted molar refractivity (Wildman–Crippen MR) is 79.9 cm³/mol. The molecule has 6 heteroatoms. The number of nitrogens with two attached hydrogens (primary N) is 1. The number of halogens is 1. The third kappa shape index (κ3) is 4.46. The van der Waals surface area contributed by atoms with E-state index < -0.39 is 0 Å². The Morgan fingerprint density at radius 3 is 2.56 bits per heavy atom. The molecule has 104 valence electrons. The number of hydrazine groups is 1. The van der Waals surface area contributed by atoms with Crippen LogP contribution >= 0.6 is 23.4 Å². The second kappa shape index (κ2) is 7.38. The predicted octanol–water partition coefficient (Wildman–Crippen LogP) is 2.15. The van der Waals surface area contributed by atoms with E-state index >= 15 is 0 Å². The number of hydrogen-bond donors (Lipinski definition) is 2. The number of nitrogens with one attached hydrogen (secondary N) is 1. The summed E-state index contributed by atoms with van der Waals surface area (Å²) >= 11 is 8.16. The number of rotatable bonds is 7. The Balaban J connectivity index is 2.57. The normalized spacial score (nSPS) is 13.3. The maximum Gasteiger partial charge on any atom is 0.0847 e. The van der Waals surface area contributed by atoms with Crippen molar-refractivity contribution in [1.29, 1.82) is 0 Å². The van der Waals surface area contributed by atoms with Crippen molar-refractivity contribution in [2.45, 2.75) is 33.2 Å². The average molecular weight is 291 g/mol. The molecule has 0 saturated carbocycles. The van der Waals surface area contributed by atoms with Crippen LogP contribution in [0.5, 0.6) is 0 Å². The fourth-order valence-electron chi connectivity index (χ4n) is 1.75. The van der Waals surface area contributed by atoms with E-state index in [4.69, 9.17) is 17.4 Å². The Kier molecular flexibility index (Phi) is 6.49. The lowest BCUT2D eigenvalue weighted by Gasteiger charge is -2.16. The number of thioether (sulfide) groups is 1. The summed E-state index contributed by atoms with van der Waals surface area (Å²) in [5.41, 5.74) is 4.79. The van der Waals surface area contributed by atoms with Crippen LogP contribution in [0.15, 0.2) is 0 Å². The van der Waals surface area contributed by atoms with Gasteiger partial charge in [0.05, 0.1) is 16.4 Å². The second-order valence-electron chi connectivity index (χ2n) is 4.97. The van der Waals surface area contributed by atoms with Gasteiger partial charge in [-0.2, -0.15) is 16.9 Å². The van der Waals surface area contributed by atoms with E-state index in [2.05, 4.69) is 24.4 Å². The maximum atomic E-state index is 6.24. The summed E-state index contributed by atoms with van der Waals surface area (Å²) < 4.78 is 1.84. The summed E-state index contributed by atoms with van der Waals surface area (Å²) in [7, 11) is 1.92. The zero-order chi connectivity index (χ0) is 13.7. The summed E-state index contributed by atoms with van der Waals surface area (Å²) in [4.78, 5) is 0. The Hall–Kier alpha value is -0.230. The number of hydrogen-bond acceptors (Lipinski definition) is 4. The van der Waals surface area contributed by atoms with Crippen LogP contribution in [0, 0.1) is 12.8 Å². The van der Waals surface area contributed by atoms with Gasteiger partial charge in [0.25, 0.3) is 0 Å². The van der Waals surface area contributed by atoms with E-state index in [1.807, 2.05) is 30.4 Å². The lowest BCUT2D eigenvalue weighted by atomic mass is 10.2. The van der Waals surface area contributed by atoms with E-state index in [0.717, 1.165) is 34.3 Å². The standard InChI is InChI=1S/C12H23ClN4S/c1-8(2)6-18-7-10(15-14)5-11-12(13)9(3)16-17(11)4/h8,10,15H,5-7,14H2,1-4H3. The molecule has 1 atom stereocenters. The van der Waals surface area contributed by atoms with Crippen LogP contribution in [0.4, 0.5) is 0 Å². The number of nitrogens with zero attached hydrogens (tertiary/aromatic N) is 2. The van der Waals surface area contributed by atoms with Crippen molar-refractivity contribution in [2.24, 2.45) is 18.8 Å². The second-order valence-corrected chi connectivity index (χ2v) is 6.42. The molecule has 0 radical (unpaired) electrons. The molecule has 18 heavy (non-hydrogen) atoms. The van der Waals surface area contributed by atoms with Crippen molar-refractivity contribution in [2.75, 3.05) is 11.5 Å². The molecule has 0 bridgehead atoms. The van der Waals surface area contributed by atoms with Crippen LogP contribution in [0.3, 0.4) is 0 Å². The first-order chi connectivity index (χ1) is 8.45. The van der Waals surface area contributed by atoms with Gasteiger partial charge in [0.15, 0.2) is 0 Å². The number of aryl methyl sites for hydroxylation is 2. The van der Waals surface area contributed by atoms with Crippen LogP contribution in [-0.2, 0) is 13.5 Å². The molecule has 1 unspecified atom stereocenters. The molecule has 1 rings (SSSR count). The fourth-order valence-corrected chi connectivity index (χ4v) is 3.09. The van der Waals surface area contributed by atoms with Crippen molar-refractivity contribution in [3.63, 3.8) is 0 Å². The van der Waals surface area contributed by atoms with Crippen molar-refractivity contribution in [3.05, 3.63) is 16.4 Å². The highest BCUT2D eigenvalue weighted by Crippen LogP contribution is 2.21. The SMILES string of the molecule is Cc1nn(C)c(CC(CSCC(C)C)NN)c1Cl. The van der Waals surface area contributed by atoms with Gasteiger partial charge < -0.3 is 0 Å². The summed E-state index contributed by atoms with van der Waals surface area (Å²) in [6, 6.07) is 0.223. The topological polar surface area (TPSA) is 55.9 Å². The molecule has 0 amide bonds. The molecule has 0 aliphatic rings. The van der Waals surface area contributed by atoms with E-state index in [0.29, 0.717) is 5.92 Å². The van der Waals surface area contributed by atoms with Crippen LogP contribution in [0.25, 0.3) is 0 Å². The van der Waals surface area contributed by atoms with Gasteiger partial charge in [0.2, 0.25) is 0 Å². The smallest absolute Gasteiger partial charge is 0.0847 e. The van der Waals surface area contributed by atoms with Gasteiger partial charge in [-0.1, -0.05) is 25.4 Å². The molecule has 0 aliphatic heterocycles. The quantitative estimate of drug-likeness (QED) is 0.597. The maximum absolute atomic E-state index is 6.24. The highest BCUT2D eigenvalue weighted by Gasteiger charge is 2.16. The van der Waals surface area contributed by atoms with Gasteiger partial charge >= 0.3 is 0 Å². The van der Waals surface area contributed by atoms with Gasteiger partial charge in [-0.25, -0.2) is 0 Å². The summed E-state index contributed by atoms with van der Waals surface area (Å²) in [6.07, 6.45) is 0.803. The Morgan fingerprint density at radius 2 is 2.11 bits per heavy atom. The minimum absolute atomic E-state index is 0.223. The third-order valence-corrected chi connectivity index (χ3v) is 4.74. The molecule has 0 saturated heterocycles. The van der Waals surface area contributed by atoms with Crippen molar-refractivity contribution in [1.82, 2.24) is 15.2 Å². The highest BCUT2D eigenvalue weighted by molar-refractivity contribution is 7.99. The summed E-state index contributed by atoms with van der Waals surface area (Å²) in [5, 5.41) is 5.07. The Labute approximate surface area is 119 Å². The molecular formula is C12H23ClN4S. The monoisotopic (exact) mass is 290 g/mol. The molecule has 0 aliphatic carbocycles. The zero-order valence-corrected chi connectivity index (χ0v) is 13.1.